The molecule has 1 saturated carbocycles. The van der Waals surface area contributed by atoms with E-state index in [9.17, 15) is 39.8 Å². The molecule has 406 valence electrons. The van der Waals surface area contributed by atoms with Gasteiger partial charge in [-0.2, -0.15) is 0 Å². The molecular formula is C55H109O12P. The summed E-state index contributed by atoms with van der Waals surface area (Å²) in [5.41, 5.74) is 0. The molecule has 0 radical (unpaired) electrons. The minimum Gasteiger partial charge on any atom is -0.457 e. The molecule has 0 aliphatic heterocycles. The molecule has 0 bridgehead atoms. The SMILES string of the molecule is CCCCCCCCCCCCCCCCCCCCCCCC(=O)OC(COCCCCCCCCCCCCCCCCCCCCCC)COP(=O)(O)OC1C(O)C(O)C(O)C(O)C1O. The molecule has 13 heteroatoms. The van der Waals surface area contributed by atoms with Crippen LogP contribution in [0.15, 0.2) is 0 Å². The largest absolute Gasteiger partial charge is 0.472 e. The predicted molar refractivity (Wildman–Crippen MR) is 277 cm³/mol. The molecule has 0 aromatic rings. The maximum atomic E-state index is 12.9. The van der Waals surface area contributed by atoms with Crippen LogP contribution in [0.1, 0.15) is 284 Å². The number of carbonyl (C=O) groups is 1. The van der Waals surface area contributed by atoms with Crippen molar-refractivity contribution in [3.63, 3.8) is 0 Å². The molecule has 0 aromatic carbocycles. The average molecular weight is 993 g/mol. The average Bonchev–Trinajstić information content (AvgIpc) is 3.32. The number of esters is 1. The van der Waals surface area contributed by atoms with Crippen molar-refractivity contribution in [3.05, 3.63) is 0 Å². The summed E-state index contributed by atoms with van der Waals surface area (Å²) < 4.78 is 34.4. The first-order chi connectivity index (χ1) is 33.0. The minimum absolute atomic E-state index is 0.0670. The fraction of sp³-hybridized carbons (Fsp3) is 0.982. The summed E-state index contributed by atoms with van der Waals surface area (Å²) in [5, 5.41) is 50.4. The zero-order valence-corrected chi connectivity index (χ0v) is 44.8. The molecule has 0 spiro atoms. The lowest BCUT2D eigenvalue weighted by Crippen LogP contribution is -2.64. The topological polar surface area (TPSA) is 192 Å². The van der Waals surface area contributed by atoms with Crippen molar-refractivity contribution in [3.8, 4) is 0 Å². The van der Waals surface area contributed by atoms with E-state index in [1.54, 1.807) is 0 Å². The number of phosphoric acid groups is 1. The van der Waals surface area contributed by atoms with Gasteiger partial charge in [-0.15, -0.1) is 0 Å². The number of carbonyl (C=O) groups excluding carboxylic acids is 1. The summed E-state index contributed by atoms with van der Waals surface area (Å²) in [6.07, 6.45) is 40.3. The van der Waals surface area contributed by atoms with E-state index in [4.69, 9.17) is 18.5 Å². The molecule has 0 aromatic heterocycles. The van der Waals surface area contributed by atoms with Gasteiger partial charge in [-0.05, 0) is 12.8 Å². The van der Waals surface area contributed by atoms with Crippen LogP contribution in [0.5, 0.6) is 0 Å². The summed E-state index contributed by atoms with van der Waals surface area (Å²) in [6.45, 7) is 4.34. The quantitative estimate of drug-likeness (QED) is 0.0192. The Kier molecular flexibility index (Phi) is 44.4. The first-order valence-corrected chi connectivity index (χ1v) is 30.4. The van der Waals surface area contributed by atoms with E-state index in [1.165, 1.54) is 218 Å². The first-order valence-electron chi connectivity index (χ1n) is 28.9. The maximum Gasteiger partial charge on any atom is 0.472 e. The molecule has 1 rings (SSSR count). The number of unbranched alkanes of at least 4 members (excludes halogenated alkanes) is 39. The second kappa shape index (κ2) is 46.1. The smallest absolute Gasteiger partial charge is 0.457 e. The van der Waals surface area contributed by atoms with Gasteiger partial charge in [0.2, 0.25) is 0 Å². The van der Waals surface area contributed by atoms with Crippen molar-refractivity contribution in [1.29, 1.82) is 0 Å². The van der Waals surface area contributed by atoms with E-state index in [0.717, 1.165) is 38.5 Å². The van der Waals surface area contributed by atoms with E-state index in [2.05, 4.69) is 13.8 Å². The van der Waals surface area contributed by atoms with Crippen LogP contribution in [0.25, 0.3) is 0 Å². The number of hydrogen-bond donors (Lipinski definition) is 6. The van der Waals surface area contributed by atoms with Gasteiger partial charge in [-0.1, -0.05) is 264 Å². The van der Waals surface area contributed by atoms with Gasteiger partial charge in [0.15, 0.2) is 0 Å². The van der Waals surface area contributed by atoms with E-state index in [0.29, 0.717) is 13.0 Å². The Labute approximate surface area is 416 Å². The molecular weight excluding hydrogens is 884 g/mol. The third-order valence-corrected chi connectivity index (χ3v) is 15.0. The van der Waals surface area contributed by atoms with Crippen LogP contribution < -0.4 is 0 Å². The van der Waals surface area contributed by atoms with Gasteiger partial charge in [0.05, 0.1) is 13.2 Å². The molecule has 0 heterocycles. The fourth-order valence-electron chi connectivity index (χ4n) is 9.42. The van der Waals surface area contributed by atoms with E-state index in [-0.39, 0.29) is 13.0 Å². The Morgan fingerprint density at radius 3 is 1.01 bits per heavy atom. The molecule has 6 atom stereocenters. The van der Waals surface area contributed by atoms with Crippen LogP contribution in [0.2, 0.25) is 0 Å². The standard InChI is InChI=1S/C55H109O12P/c1-3-5-7-9-11-13-15-17-19-21-23-25-26-28-30-32-34-36-38-40-42-44-49(56)66-48(47-65-68(62,63)67-55-53(60)51(58)50(57)52(59)54(55)61)46-64-45-43-41-39-37-35-33-31-29-27-24-22-20-18-16-14-12-10-8-6-4-2/h48,50-55,57-61H,3-47H2,1-2H3,(H,62,63). The van der Waals surface area contributed by atoms with Gasteiger partial charge in [0.1, 0.15) is 42.7 Å². The van der Waals surface area contributed by atoms with Gasteiger partial charge in [0, 0.05) is 13.0 Å². The molecule has 0 amide bonds. The van der Waals surface area contributed by atoms with Crippen molar-refractivity contribution in [2.75, 3.05) is 19.8 Å². The summed E-state index contributed by atoms with van der Waals surface area (Å²) in [7, 11) is -5.02. The first kappa shape index (κ1) is 65.4. The van der Waals surface area contributed by atoms with Crippen molar-refractivity contribution in [2.24, 2.45) is 0 Å². The normalized spacial score (nSPS) is 21.0. The molecule has 6 N–H and O–H groups in total. The number of hydrogen-bond acceptors (Lipinski definition) is 11. The van der Waals surface area contributed by atoms with Crippen LogP contribution in [0.3, 0.4) is 0 Å². The molecule has 1 aliphatic carbocycles. The van der Waals surface area contributed by atoms with Gasteiger partial charge in [0.25, 0.3) is 0 Å². The van der Waals surface area contributed by atoms with E-state index in [1.807, 2.05) is 0 Å². The minimum atomic E-state index is -5.02. The number of aliphatic hydroxyl groups excluding tert-OH is 5. The lowest BCUT2D eigenvalue weighted by molar-refractivity contribution is -0.220. The van der Waals surface area contributed by atoms with Gasteiger partial charge < -0.3 is 39.9 Å². The molecule has 68 heavy (non-hydrogen) atoms. The van der Waals surface area contributed by atoms with Crippen LogP contribution in [0, 0.1) is 0 Å². The highest BCUT2D eigenvalue weighted by atomic mass is 31.2. The second-order valence-corrected chi connectivity index (χ2v) is 21.9. The zero-order valence-electron chi connectivity index (χ0n) is 43.9. The highest BCUT2D eigenvalue weighted by molar-refractivity contribution is 7.47. The van der Waals surface area contributed by atoms with Crippen LogP contribution in [0.4, 0.5) is 0 Å². The Balaban J connectivity index is 2.26. The van der Waals surface area contributed by atoms with Crippen molar-refractivity contribution in [1.82, 2.24) is 0 Å². The van der Waals surface area contributed by atoms with E-state index >= 15 is 0 Å². The lowest BCUT2D eigenvalue weighted by Gasteiger charge is -2.41. The molecule has 0 saturated heterocycles. The lowest BCUT2D eigenvalue weighted by atomic mass is 9.85. The third-order valence-electron chi connectivity index (χ3n) is 14.0. The number of rotatable bonds is 51. The van der Waals surface area contributed by atoms with Gasteiger partial charge in [-0.25, -0.2) is 4.57 Å². The highest BCUT2D eigenvalue weighted by Gasteiger charge is 2.51. The Hall–Kier alpha value is -0.660. The summed E-state index contributed by atoms with van der Waals surface area (Å²) in [4.78, 5) is 23.3. The Morgan fingerprint density at radius 2 is 0.691 bits per heavy atom. The van der Waals surface area contributed by atoms with Crippen molar-refractivity contribution in [2.45, 2.75) is 326 Å². The van der Waals surface area contributed by atoms with Crippen molar-refractivity contribution < 1.29 is 58.3 Å². The molecule has 1 fully saturated rings. The summed E-state index contributed by atoms with van der Waals surface area (Å²) in [5.74, 6) is -0.467. The van der Waals surface area contributed by atoms with Crippen LogP contribution in [-0.2, 0) is 27.9 Å². The monoisotopic (exact) mass is 993 g/mol. The van der Waals surface area contributed by atoms with Crippen molar-refractivity contribution >= 4 is 13.8 Å². The molecule has 6 unspecified atom stereocenters. The molecule has 12 nitrogen and oxygen atoms in total. The predicted octanol–water partition coefficient (Wildman–Crippen LogP) is 13.7. The Bertz CT molecular complexity index is 1130. The van der Waals surface area contributed by atoms with Crippen LogP contribution >= 0.6 is 7.82 Å². The fourth-order valence-corrected chi connectivity index (χ4v) is 10.4. The summed E-state index contributed by atoms with van der Waals surface area (Å²) >= 11 is 0. The highest BCUT2D eigenvalue weighted by Crippen LogP contribution is 2.47. The maximum absolute atomic E-state index is 12.9. The van der Waals surface area contributed by atoms with E-state index < -0.39 is 63.1 Å². The number of phosphoric ester groups is 1. The third kappa shape index (κ3) is 37.1. The second-order valence-electron chi connectivity index (χ2n) is 20.5. The Morgan fingerprint density at radius 1 is 0.412 bits per heavy atom. The number of aliphatic hydroxyl groups is 5. The van der Waals surface area contributed by atoms with Gasteiger partial charge >= 0.3 is 13.8 Å². The van der Waals surface area contributed by atoms with Crippen LogP contribution in [-0.4, -0.2) is 98.9 Å². The number of ether oxygens (including phenoxy) is 2. The molecule has 1 aliphatic rings. The summed E-state index contributed by atoms with van der Waals surface area (Å²) in [6, 6.07) is 0. The van der Waals surface area contributed by atoms with Gasteiger partial charge in [-0.3, -0.25) is 13.8 Å². The zero-order chi connectivity index (χ0) is 49.8.